The van der Waals surface area contributed by atoms with E-state index < -0.39 is 0 Å². The van der Waals surface area contributed by atoms with Gasteiger partial charge in [-0.1, -0.05) is 0 Å². The highest BCUT2D eigenvalue weighted by molar-refractivity contribution is 5.32. The van der Waals surface area contributed by atoms with Crippen molar-refractivity contribution < 1.29 is 0 Å². The Morgan fingerprint density at radius 1 is 0.850 bits per heavy atom. The lowest BCUT2D eigenvalue weighted by Gasteiger charge is -2.16. The summed E-state index contributed by atoms with van der Waals surface area (Å²) in [4.78, 5) is 0. The summed E-state index contributed by atoms with van der Waals surface area (Å²) in [6.07, 6.45) is 1.03. The van der Waals surface area contributed by atoms with Crippen LogP contribution in [0.25, 0.3) is 0 Å². The molecule has 0 spiro atoms. The smallest absolute Gasteiger partial charge is 0.0279 e. The molecule has 2 heterocycles. The highest BCUT2D eigenvalue weighted by Gasteiger charge is 2.14. The molecule has 110 valence electrons. The summed E-state index contributed by atoms with van der Waals surface area (Å²) in [5, 5.41) is 0. The Morgan fingerprint density at radius 2 is 1.45 bits per heavy atom. The van der Waals surface area contributed by atoms with Crippen LogP contribution in [-0.4, -0.2) is 9.13 Å². The number of nitrogens with zero attached hydrogens (tertiary/aromatic N) is 2. The van der Waals surface area contributed by atoms with E-state index in [0.717, 1.165) is 6.42 Å². The first-order valence-electron chi connectivity index (χ1n) is 7.67. The number of hydrogen-bond donors (Lipinski definition) is 0. The van der Waals surface area contributed by atoms with E-state index in [-0.39, 0.29) is 0 Å². The number of aromatic nitrogens is 2. The van der Waals surface area contributed by atoms with Gasteiger partial charge in [0.2, 0.25) is 0 Å². The van der Waals surface area contributed by atoms with Gasteiger partial charge in [0.25, 0.3) is 0 Å². The van der Waals surface area contributed by atoms with Gasteiger partial charge in [-0.15, -0.1) is 0 Å². The van der Waals surface area contributed by atoms with Crippen molar-refractivity contribution >= 4 is 0 Å². The first kappa shape index (κ1) is 15.0. The van der Waals surface area contributed by atoms with Crippen LogP contribution in [0, 0.1) is 20.8 Å². The van der Waals surface area contributed by atoms with Crippen LogP contribution in [-0.2, 0) is 6.42 Å². The molecule has 0 fully saturated rings. The molecular formula is C18H28N2. The monoisotopic (exact) mass is 272 g/mol. The summed E-state index contributed by atoms with van der Waals surface area (Å²) in [7, 11) is 0. The predicted octanol–water partition coefficient (Wildman–Crippen LogP) is 4.97. The molecule has 20 heavy (non-hydrogen) atoms. The largest absolute Gasteiger partial charge is 0.346 e. The van der Waals surface area contributed by atoms with Crippen LogP contribution in [0.2, 0.25) is 0 Å². The first-order chi connectivity index (χ1) is 9.32. The van der Waals surface area contributed by atoms with E-state index in [0.29, 0.717) is 12.1 Å². The second kappa shape index (κ2) is 5.51. The molecule has 0 aliphatic heterocycles. The predicted molar refractivity (Wildman–Crippen MR) is 86.7 cm³/mol. The second-order valence-corrected chi connectivity index (χ2v) is 6.47. The van der Waals surface area contributed by atoms with Gasteiger partial charge in [-0.3, -0.25) is 0 Å². The summed E-state index contributed by atoms with van der Waals surface area (Å²) in [6, 6.07) is 7.91. The van der Waals surface area contributed by atoms with Gasteiger partial charge in [-0.25, -0.2) is 0 Å². The maximum Gasteiger partial charge on any atom is 0.0279 e. The third kappa shape index (κ3) is 2.56. The van der Waals surface area contributed by atoms with E-state index in [4.69, 9.17) is 0 Å². The minimum Gasteiger partial charge on any atom is -0.346 e. The van der Waals surface area contributed by atoms with E-state index in [1.165, 1.54) is 28.3 Å². The SMILES string of the molecule is Cc1ccc(Cc2cc(C)n(C(C)C)c2C)n1C(C)C. The van der Waals surface area contributed by atoms with Crippen molar-refractivity contribution in [3.05, 3.63) is 46.5 Å². The second-order valence-electron chi connectivity index (χ2n) is 6.47. The van der Waals surface area contributed by atoms with Crippen LogP contribution >= 0.6 is 0 Å². The summed E-state index contributed by atoms with van der Waals surface area (Å²) >= 11 is 0. The Hall–Kier alpha value is -1.44. The van der Waals surface area contributed by atoms with Crippen molar-refractivity contribution in [2.75, 3.05) is 0 Å². The molecule has 0 atom stereocenters. The fourth-order valence-corrected chi connectivity index (χ4v) is 3.50. The minimum atomic E-state index is 0.522. The van der Waals surface area contributed by atoms with Gasteiger partial charge in [0.1, 0.15) is 0 Å². The minimum absolute atomic E-state index is 0.522. The third-order valence-corrected chi connectivity index (χ3v) is 4.20. The summed E-state index contributed by atoms with van der Waals surface area (Å²) in [6.45, 7) is 15.7. The zero-order chi connectivity index (χ0) is 15.0. The average Bonchev–Trinajstić information content (AvgIpc) is 2.81. The lowest BCUT2D eigenvalue weighted by Crippen LogP contribution is -2.09. The average molecular weight is 272 g/mol. The third-order valence-electron chi connectivity index (χ3n) is 4.20. The molecular weight excluding hydrogens is 244 g/mol. The van der Waals surface area contributed by atoms with Crippen molar-refractivity contribution in [3.63, 3.8) is 0 Å². The number of rotatable bonds is 4. The molecule has 0 aliphatic rings. The molecule has 0 aliphatic carbocycles. The normalized spacial score (nSPS) is 11.8. The van der Waals surface area contributed by atoms with E-state index >= 15 is 0 Å². The van der Waals surface area contributed by atoms with E-state index in [1.54, 1.807) is 0 Å². The van der Waals surface area contributed by atoms with Crippen molar-refractivity contribution in [2.24, 2.45) is 0 Å². The number of hydrogen-bond acceptors (Lipinski definition) is 0. The Labute approximate surface area is 123 Å². The van der Waals surface area contributed by atoms with Crippen LogP contribution < -0.4 is 0 Å². The lowest BCUT2D eigenvalue weighted by atomic mass is 10.1. The number of aryl methyl sites for hydroxylation is 2. The van der Waals surface area contributed by atoms with Crippen molar-refractivity contribution in [1.29, 1.82) is 0 Å². The molecule has 0 aromatic carbocycles. The van der Waals surface area contributed by atoms with Gasteiger partial charge in [0.15, 0.2) is 0 Å². The topological polar surface area (TPSA) is 9.86 Å². The van der Waals surface area contributed by atoms with Crippen LogP contribution in [0.15, 0.2) is 18.2 Å². The molecule has 2 rings (SSSR count). The van der Waals surface area contributed by atoms with E-state index in [2.05, 4.69) is 75.8 Å². The maximum atomic E-state index is 2.45. The fourth-order valence-electron chi connectivity index (χ4n) is 3.50. The molecule has 0 unspecified atom stereocenters. The van der Waals surface area contributed by atoms with Crippen molar-refractivity contribution in [3.8, 4) is 0 Å². The van der Waals surface area contributed by atoms with Gasteiger partial charge in [0.05, 0.1) is 0 Å². The molecule has 0 radical (unpaired) electrons. The fraction of sp³-hybridized carbons (Fsp3) is 0.556. The molecule has 0 amide bonds. The molecule has 2 heteroatoms. The van der Waals surface area contributed by atoms with Crippen molar-refractivity contribution in [2.45, 2.75) is 67.0 Å². The highest BCUT2D eigenvalue weighted by atomic mass is 15.0. The van der Waals surface area contributed by atoms with Crippen LogP contribution in [0.1, 0.15) is 68.1 Å². The standard InChI is InChI=1S/C18H28N2/c1-12(2)19-15(6)10-17(16(19)7)11-18-9-8-14(5)20(18)13(3)4/h8-10,12-13H,11H2,1-7H3. The summed E-state index contributed by atoms with van der Waals surface area (Å²) in [5.74, 6) is 0. The maximum absolute atomic E-state index is 2.45. The molecule has 0 N–H and O–H groups in total. The van der Waals surface area contributed by atoms with Gasteiger partial charge in [-0.05, 0) is 72.2 Å². The van der Waals surface area contributed by atoms with Gasteiger partial charge < -0.3 is 9.13 Å². The van der Waals surface area contributed by atoms with Gasteiger partial charge >= 0.3 is 0 Å². The zero-order valence-corrected chi connectivity index (χ0v) is 14.0. The Balaban J connectivity index is 2.39. The van der Waals surface area contributed by atoms with Gasteiger partial charge in [0, 0.05) is 41.3 Å². The van der Waals surface area contributed by atoms with Crippen molar-refractivity contribution in [1.82, 2.24) is 9.13 Å². The molecule has 2 aromatic heterocycles. The molecule has 2 aromatic rings. The van der Waals surface area contributed by atoms with Crippen LogP contribution in [0.3, 0.4) is 0 Å². The summed E-state index contributed by atoms with van der Waals surface area (Å²) in [5.41, 5.74) is 7.00. The Morgan fingerprint density at radius 3 is 1.95 bits per heavy atom. The molecule has 0 saturated heterocycles. The molecule has 0 bridgehead atoms. The van der Waals surface area contributed by atoms with Crippen LogP contribution in [0.4, 0.5) is 0 Å². The lowest BCUT2D eigenvalue weighted by molar-refractivity contribution is 0.563. The van der Waals surface area contributed by atoms with E-state index in [9.17, 15) is 0 Å². The quantitative estimate of drug-likeness (QED) is 0.744. The Bertz CT molecular complexity index is 597. The van der Waals surface area contributed by atoms with Gasteiger partial charge in [-0.2, -0.15) is 0 Å². The first-order valence-corrected chi connectivity index (χ1v) is 7.67. The zero-order valence-electron chi connectivity index (χ0n) is 14.0. The summed E-state index contributed by atoms with van der Waals surface area (Å²) < 4.78 is 4.88. The molecule has 0 saturated carbocycles. The molecule has 2 nitrogen and oxygen atoms in total. The Kier molecular flexibility index (Phi) is 4.12. The van der Waals surface area contributed by atoms with Crippen LogP contribution in [0.5, 0.6) is 0 Å². The van der Waals surface area contributed by atoms with E-state index in [1.807, 2.05) is 0 Å². The highest BCUT2D eigenvalue weighted by Crippen LogP contribution is 2.24.